The van der Waals surface area contributed by atoms with Crippen molar-refractivity contribution >= 4 is 38.6 Å². The molecule has 3 aromatic rings. The van der Waals surface area contributed by atoms with Crippen LogP contribution in [-0.4, -0.2) is 19.3 Å². The predicted octanol–water partition coefficient (Wildman–Crippen LogP) is 4.12. The molecule has 0 aliphatic heterocycles. The molecule has 0 unspecified atom stereocenters. The van der Waals surface area contributed by atoms with Crippen LogP contribution in [0.15, 0.2) is 53.6 Å². The Morgan fingerprint density at radius 2 is 1.63 bits per heavy atom. The van der Waals surface area contributed by atoms with Crippen LogP contribution in [0.4, 0.5) is 11.4 Å². The molecule has 27 heavy (non-hydrogen) atoms. The number of amides is 1. The van der Waals surface area contributed by atoms with Crippen molar-refractivity contribution in [2.75, 3.05) is 10.0 Å². The number of carbonyl (C=O) groups is 1. The molecule has 0 bridgehead atoms. The quantitative estimate of drug-likeness (QED) is 0.673. The molecule has 140 valence electrons. The van der Waals surface area contributed by atoms with Gasteiger partial charge >= 0.3 is 0 Å². The Morgan fingerprint density at radius 1 is 1.00 bits per heavy atom. The van der Waals surface area contributed by atoms with Gasteiger partial charge in [-0.25, -0.2) is 13.4 Å². The van der Waals surface area contributed by atoms with E-state index in [9.17, 15) is 13.2 Å². The lowest BCUT2D eigenvalue weighted by molar-refractivity contribution is 0.103. The highest BCUT2D eigenvalue weighted by atomic mass is 32.2. The van der Waals surface area contributed by atoms with Crippen LogP contribution in [0.2, 0.25) is 0 Å². The minimum atomic E-state index is -3.72. The van der Waals surface area contributed by atoms with E-state index < -0.39 is 10.0 Å². The van der Waals surface area contributed by atoms with E-state index in [1.807, 2.05) is 39.0 Å². The fraction of sp³-hybridized carbons (Fsp3) is 0.158. The highest BCUT2D eigenvalue weighted by Crippen LogP contribution is 2.24. The first-order valence-electron chi connectivity index (χ1n) is 8.19. The standard InChI is InChI=1S/C19H19N3O3S2/c1-12-5-4-6-13(2)18(12)22-27(24,25)16-9-7-15(8-10-16)21-19(23)17-11-20-14(3)26-17/h4-11,22H,1-3H3,(H,21,23). The van der Waals surface area contributed by atoms with Gasteiger partial charge in [-0.2, -0.15) is 0 Å². The van der Waals surface area contributed by atoms with Crippen molar-refractivity contribution in [1.82, 2.24) is 4.98 Å². The summed E-state index contributed by atoms with van der Waals surface area (Å²) >= 11 is 1.30. The topological polar surface area (TPSA) is 88.2 Å². The number of aromatic nitrogens is 1. The van der Waals surface area contributed by atoms with Gasteiger partial charge in [-0.05, 0) is 56.2 Å². The van der Waals surface area contributed by atoms with Gasteiger partial charge in [-0.3, -0.25) is 9.52 Å². The average molecular weight is 402 g/mol. The Kier molecular flexibility index (Phi) is 5.29. The molecular weight excluding hydrogens is 382 g/mol. The van der Waals surface area contributed by atoms with Crippen LogP contribution in [0.3, 0.4) is 0 Å². The van der Waals surface area contributed by atoms with Crippen LogP contribution >= 0.6 is 11.3 Å². The summed E-state index contributed by atoms with van der Waals surface area (Å²) in [5.74, 6) is -0.273. The summed E-state index contributed by atoms with van der Waals surface area (Å²) in [4.78, 5) is 16.8. The van der Waals surface area contributed by atoms with E-state index in [0.29, 0.717) is 16.3 Å². The second kappa shape index (κ2) is 7.50. The summed E-state index contributed by atoms with van der Waals surface area (Å²) < 4.78 is 28.0. The third-order valence-electron chi connectivity index (χ3n) is 3.99. The van der Waals surface area contributed by atoms with Gasteiger partial charge < -0.3 is 5.32 Å². The van der Waals surface area contributed by atoms with E-state index >= 15 is 0 Å². The van der Waals surface area contributed by atoms with Gasteiger partial charge in [0.1, 0.15) is 4.88 Å². The van der Waals surface area contributed by atoms with Crippen LogP contribution in [0, 0.1) is 20.8 Å². The molecule has 0 fully saturated rings. The molecule has 3 rings (SSSR count). The van der Waals surface area contributed by atoms with Crippen molar-refractivity contribution in [3.63, 3.8) is 0 Å². The maximum atomic E-state index is 12.7. The molecule has 1 aromatic heterocycles. The van der Waals surface area contributed by atoms with Crippen molar-refractivity contribution < 1.29 is 13.2 Å². The molecule has 2 N–H and O–H groups in total. The van der Waals surface area contributed by atoms with Crippen LogP contribution in [0.5, 0.6) is 0 Å². The summed E-state index contributed by atoms with van der Waals surface area (Å²) in [7, 11) is -3.72. The van der Waals surface area contributed by atoms with Gasteiger partial charge in [0, 0.05) is 5.69 Å². The fourth-order valence-corrected chi connectivity index (χ4v) is 4.42. The van der Waals surface area contributed by atoms with E-state index in [1.54, 1.807) is 12.1 Å². The summed E-state index contributed by atoms with van der Waals surface area (Å²) in [5.41, 5.74) is 2.79. The third kappa shape index (κ3) is 4.35. The summed E-state index contributed by atoms with van der Waals surface area (Å²) in [6.45, 7) is 5.53. The van der Waals surface area contributed by atoms with Gasteiger partial charge in [0.2, 0.25) is 0 Å². The van der Waals surface area contributed by atoms with E-state index in [0.717, 1.165) is 16.1 Å². The van der Waals surface area contributed by atoms with Crippen molar-refractivity contribution in [3.8, 4) is 0 Å². The van der Waals surface area contributed by atoms with Crippen molar-refractivity contribution in [1.29, 1.82) is 0 Å². The summed E-state index contributed by atoms with van der Waals surface area (Å²) in [6, 6.07) is 11.6. The molecule has 0 saturated heterocycles. The lowest BCUT2D eigenvalue weighted by Crippen LogP contribution is -2.15. The molecule has 0 saturated carbocycles. The molecular formula is C19H19N3O3S2. The maximum absolute atomic E-state index is 12.7. The van der Waals surface area contributed by atoms with Crippen molar-refractivity contribution in [3.05, 3.63) is 69.7 Å². The maximum Gasteiger partial charge on any atom is 0.267 e. The first kappa shape index (κ1) is 19.1. The average Bonchev–Trinajstić information content (AvgIpc) is 3.05. The summed E-state index contributed by atoms with van der Waals surface area (Å²) in [5, 5.41) is 3.54. The molecule has 1 amide bonds. The third-order valence-corrected chi connectivity index (χ3v) is 6.26. The van der Waals surface area contributed by atoms with Gasteiger partial charge in [-0.1, -0.05) is 18.2 Å². The SMILES string of the molecule is Cc1ncc(C(=O)Nc2ccc(S(=O)(=O)Nc3c(C)cccc3C)cc2)s1. The van der Waals surface area contributed by atoms with E-state index in [-0.39, 0.29) is 10.8 Å². The minimum Gasteiger partial charge on any atom is -0.321 e. The van der Waals surface area contributed by atoms with Gasteiger partial charge in [0.25, 0.3) is 15.9 Å². The van der Waals surface area contributed by atoms with Gasteiger partial charge in [0.15, 0.2) is 0 Å². The van der Waals surface area contributed by atoms with Crippen molar-refractivity contribution in [2.45, 2.75) is 25.7 Å². The number of benzene rings is 2. The number of hydrogen-bond acceptors (Lipinski definition) is 5. The zero-order valence-electron chi connectivity index (χ0n) is 15.1. The van der Waals surface area contributed by atoms with Crippen LogP contribution < -0.4 is 10.0 Å². The smallest absolute Gasteiger partial charge is 0.267 e. The van der Waals surface area contributed by atoms with Crippen molar-refractivity contribution in [2.24, 2.45) is 0 Å². The Labute approximate surface area is 162 Å². The Balaban J connectivity index is 1.77. The van der Waals surface area contributed by atoms with E-state index in [4.69, 9.17) is 0 Å². The predicted molar refractivity (Wildman–Crippen MR) is 108 cm³/mol. The first-order chi connectivity index (χ1) is 12.8. The lowest BCUT2D eigenvalue weighted by Gasteiger charge is -2.13. The van der Waals surface area contributed by atoms with Gasteiger partial charge in [0.05, 0.1) is 21.8 Å². The second-order valence-electron chi connectivity index (χ2n) is 6.09. The minimum absolute atomic E-state index is 0.122. The monoisotopic (exact) mass is 401 g/mol. The molecule has 0 radical (unpaired) electrons. The number of sulfonamides is 1. The number of carbonyl (C=O) groups excluding carboxylic acids is 1. The normalized spacial score (nSPS) is 11.2. The van der Waals surface area contributed by atoms with Crippen LogP contribution in [0.25, 0.3) is 0 Å². The zero-order valence-corrected chi connectivity index (χ0v) is 16.7. The first-order valence-corrected chi connectivity index (χ1v) is 10.5. The Morgan fingerprint density at radius 3 is 2.19 bits per heavy atom. The number of aryl methyl sites for hydroxylation is 3. The highest BCUT2D eigenvalue weighted by Gasteiger charge is 2.17. The van der Waals surface area contributed by atoms with Crippen LogP contribution in [0.1, 0.15) is 25.8 Å². The lowest BCUT2D eigenvalue weighted by atomic mass is 10.1. The van der Waals surface area contributed by atoms with Crippen LogP contribution in [-0.2, 0) is 10.0 Å². The molecule has 0 atom stereocenters. The molecule has 0 aliphatic rings. The number of nitrogens with zero attached hydrogens (tertiary/aromatic N) is 1. The largest absolute Gasteiger partial charge is 0.321 e. The van der Waals surface area contributed by atoms with E-state index in [2.05, 4.69) is 15.0 Å². The molecule has 0 aliphatic carbocycles. The van der Waals surface area contributed by atoms with E-state index in [1.165, 1.54) is 29.7 Å². The zero-order chi connectivity index (χ0) is 19.6. The molecule has 2 aromatic carbocycles. The van der Waals surface area contributed by atoms with Gasteiger partial charge in [-0.15, -0.1) is 11.3 Å². The number of hydrogen-bond donors (Lipinski definition) is 2. The second-order valence-corrected chi connectivity index (χ2v) is 9.01. The molecule has 6 nitrogen and oxygen atoms in total. The molecule has 1 heterocycles. The fourth-order valence-electron chi connectivity index (χ4n) is 2.55. The number of thiazole rings is 1. The number of para-hydroxylation sites is 1. The number of rotatable bonds is 5. The molecule has 8 heteroatoms. The number of nitrogens with one attached hydrogen (secondary N) is 2. The summed E-state index contributed by atoms with van der Waals surface area (Å²) in [6.07, 6.45) is 1.52. The Hall–Kier alpha value is -2.71. The molecule has 0 spiro atoms. The number of anilines is 2. The Bertz CT molecular complexity index is 1070. The highest BCUT2D eigenvalue weighted by molar-refractivity contribution is 7.92.